The smallest absolute Gasteiger partial charge is 0.247 e. The van der Waals surface area contributed by atoms with Gasteiger partial charge in [-0.2, -0.15) is 0 Å². The van der Waals surface area contributed by atoms with Crippen LogP contribution in [0, 0.1) is 25.2 Å². The van der Waals surface area contributed by atoms with Crippen molar-refractivity contribution in [1.82, 2.24) is 20.8 Å². The van der Waals surface area contributed by atoms with Crippen LogP contribution in [0.5, 0.6) is 0 Å². The van der Waals surface area contributed by atoms with Crippen molar-refractivity contribution in [3.8, 4) is 23.0 Å². The largest absolute Gasteiger partial charge is 0.309 e. The Labute approximate surface area is 162 Å². The van der Waals surface area contributed by atoms with Gasteiger partial charge in [0.05, 0.1) is 16.1 Å². The number of aryl methyl sites for hydroxylation is 1. The summed E-state index contributed by atoms with van der Waals surface area (Å²) in [4.78, 5) is 13.8. The standard InChI is InChI=1S/C17H20N6O2S2/c1-4-13-10(2)20-17(14-7-8-15(26-14)27(18,24)25)22-16(13)21-11(3)23-19-9-12-5-6-12/h1,7-8,12,19H,5-6,9H2,2-3H3,(H2,18,24,25)(H,20,21,22,23). The van der Waals surface area contributed by atoms with Crippen LogP contribution < -0.4 is 16.0 Å². The monoisotopic (exact) mass is 404 g/mol. The van der Waals surface area contributed by atoms with Crippen molar-refractivity contribution in [3.63, 3.8) is 0 Å². The summed E-state index contributed by atoms with van der Waals surface area (Å²) in [7, 11) is -3.77. The van der Waals surface area contributed by atoms with E-state index in [1.54, 1.807) is 13.0 Å². The van der Waals surface area contributed by atoms with E-state index in [4.69, 9.17) is 11.6 Å². The Morgan fingerprint density at radius 2 is 2.19 bits per heavy atom. The van der Waals surface area contributed by atoms with Crippen molar-refractivity contribution in [2.45, 2.75) is 30.9 Å². The minimum Gasteiger partial charge on any atom is -0.309 e. The quantitative estimate of drug-likeness (QED) is 0.291. The Bertz CT molecular complexity index is 1030. The molecular formula is C17H20N6O2S2. The summed E-state index contributed by atoms with van der Waals surface area (Å²) < 4.78 is 23.0. The SMILES string of the molecule is C#Cc1c(C)nc(-c2ccc(S(N)(=O)=O)s2)nc1N=C(C)NNCC1CC1. The molecular weight excluding hydrogens is 384 g/mol. The number of nitrogens with one attached hydrogen (secondary N) is 2. The van der Waals surface area contributed by atoms with Gasteiger partial charge in [0.25, 0.3) is 0 Å². The zero-order valence-corrected chi connectivity index (χ0v) is 16.6. The lowest BCUT2D eigenvalue weighted by molar-refractivity contribution is 0.600. The second-order valence-electron chi connectivity index (χ2n) is 6.29. The lowest BCUT2D eigenvalue weighted by Crippen LogP contribution is -2.37. The van der Waals surface area contributed by atoms with Gasteiger partial charge in [0.1, 0.15) is 10.0 Å². The molecule has 8 nitrogen and oxygen atoms in total. The number of sulfonamides is 1. The molecule has 0 spiro atoms. The van der Waals surface area contributed by atoms with Crippen molar-refractivity contribution in [3.05, 3.63) is 23.4 Å². The number of terminal acetylenes is 1. The van der Waals surface area contributed by atoms with Crippen LogP contribution in [0.3, 0.4) is 0 Å². The molecule has 0 bridgehead atoms. The lowest BCUT2D eigenvalue weighted by Gasteiger charge is -2.09. The maximum Gasteiger partial charge on any atom is 0.247 e. The summed E-state index contributed by atoms with van der Waals surface area (Å²) in [6.45, 7) is 4.46. The highest BCUT2D eigenvalue weighted by atomic mass is 32.2. The molecule has 1 aliphatic rings. The number of amidine groups is 1. The van der Waals surface area contributed by atoms with Gasteiger partial charge in [-0.25, -0.2) is 33.9 Å². The van der Waals surface area contributed by atoms with Gasteiger partial charge < -0.3 is 5.43 Å². The summed E-state index contributed by atoms with van der Waals surface area (Å²) in [6.07, 6.45) is 8.10. The summed E-state index contributed by atoms with van der Waals surface area (Å²) in [5.41, 5.74) is 7.25. The third-order valence-corrected chi connectivity index (χ3v) is 6.45. The molecule has 2 aromatic rings. The van der Waals surface area contributed by atoms with Crippen LogP contribution in [0.15, 0.2) is 21.3 Å². The predicted molar refractivity (Wildman–Crippen MR) is 106 cm³/mol. The van der Waals surface area contributed by atoms with Crippen LogP contribution in [-0.4, -0.2) is 30.8 Å². The molecule has 2 aromatic heterocycles. The van der Waals surface area contributed by atoms with Crippen molar-refractivity contribution >= 4 is 33.0 Å². The van der Waals surface area contributed by atoms with Gasteiger partial charge in [-0.1, -0.05) is 5.92 Å². The zero-order chi connectivity index (χ0) is 19.6. The van der Waals surface area contributed by atoms with E-state index >= 15 is 0 Å². The zero-order valence-electron chi connectivity index (χ0n) is 15.0. The molecule has 3 rings (SSSR count). The molecule has 0 saturated heterocycles. The molecule has 4 N–H and O–H groups in total. The number of hydrogen-bond acceptors (Lipinski definition) is 7. The summed E-state index contributed by atoms with van der Waals surface area (Å²) in [6, 6.07) is 3.05. The van der Waals surface area contributed by atoms with E-state index in [9.17, 15) is 8.42 Å². The number of aliphatic imine (C=N–C) groups is 1. The molecule has 0 aromatic carbocycles. The Balaban J connectivity index is 1.90. The molecule has 27 heavy (non-hydrogen) atoms. The minimum absolute atomic E-state index is 0.0481. The van der Waals surface area contributed by atoms with Gasteiger partial charge in [-0.05, 0) is 44.7 Å². The molecule has 0 aliphatic heterocycles. The molecule has 0 amide bonds. The number of aromatic nitrogens is 2. The number of nitrogens with two attached hydrogens (primary N) is 1. The Morgan fingerprint density at radius 3 is 2.78 bits per heavy atom. The number of hydrazine groups is 1. The average Bonchev–Trinajstić information content (AvgIpc) is 3.25. The number of rotatable bonds is 6. The van der Waals surface area contributed by atoms with Gasteiger partial charge in [0.2, 0.25) is 10.0 Å². The molecule has 1 fully saturated rings. The topological polar surface area (TPSA) is 122 Å². The highest BCUT2D eigenvalue weighted by Crippen LogP contribution is 2.30. The first-order valence-corrected chi connectivity index (χ1v) is 10.7. The maximum absolute atomic E-state index is 11.5. The summed E-state index contributed by atoms with van der Waals surface area (Å²) in [5.74, 6) is 4.62. The average molecular weight is 405 g/mol. The molecule has 1 aliphatic carbocycles. The second-order valence-corrected chi connectivity index (χ2v) is 9.16. The fraction of sp³-hybridized carbons (Fsp3) is 0.353. The third kappa shape index (κ3) is 4.90. The van der Waals surface area contributed by atoms with E-state index in [0.29, 0.717) is 33.6 Å². The van der Waals surface area contributed by atoms with Crippen LogP contribution in [0.25, 0.3) is 10.7 Å². The first-order chi connectivity index (χ1) is 12.8. The summed E-state index contributed by atoms with van der Waals surface area (Å²) in [5, 5.41) is 5.17. The van der Waals surface area contributed by atoms with Crippen molar-refractivity contribution in [2.75, 3.05) is 6.54 Å². The second kappa shape index (κ2) is 7.74. The fourth-order valence-corrected chi connectivity index (χ4v) is 4.01. The van der Waals surface area contributed by atoms with E-state index in [-0.39, 0.29) is 4.21 Å². The number of thiophene rings is 1. The Hall–Kier alpha value is -2.32. The molecule has 1 saturated carbocycles. The number of nitrogens with zero attached hydrogens (tertiary/aromatic N) is 3. The third-order valence-electron chi connectivity index (χ3n) is 3.93. The first-order valence-electron chi connectivity index (χ1n) is 8.30. The maximum atomic E-state index is 11.5. The normalized spacial score (nSPS) is 14.8. The van der Waals surface area contributed by atoms with Crippen LogP contribution in [-0.2, 0) is 10.0 Å². The van der Waals surface area contributed by atoms with Crippen molar-refractivity contribution in [1.29, 1.82) is 0 Å². The van der Waals surface area contributed by atoms with Gasteiger partial charge in [0, 0.05) is 6.54 Å². The van der Waals surface area contributed by atoms with E-state index in [1.807, 2.05) is 6.92 Å². The van der Waals surface area contributed by atoms with Crippen LogP contribution in [0.4, 0.5) is 5.82 Å². The van der Waals surface area contributed by atoms with Crippen LogP contribution >= 0.6 is 11.3 Å². The molecule has 0 radical (unpaired) electrons. The van der Waals surface area contributed by atoms with Crippen LogP contribution in [0.1, 0.15) is 31.0 Å². The van der Waals surface area contributed by atoms with Crippen LogP contribution in [0.2, 0.25) is 0 Å². The molecule has 2 heterocycles. The predicted octanol–water partition coefficient (Wildman–Crippen LogP) is 1.70. The lowest BCUT2D eigenvalue weighted by atomic mass is 10.2. The van der Waals surface area contributed by atoms with Gasteiger partial charge in [-0.3, -0.25) is 0 Å². The first kappa shape index (κ1) is 19.4. The van der Waals surface area contributed by atoms with Gasteiger partial charge >= 0.3 is 0 Å². The molecule has 10 heteroatoms. The molecule has 0 unspecified atom stereocenters. The fourth-order valence-electron chi connectivity index (χ4n) is 2.34. The Morgan fingerprint density at radius 1 is 1.44 bits per heavy atom. The minimum atomic E-state index is -3.77. The van der Waals surface area contributed by atoms with Crippen molar-refractivity contribution < 1.29 is 8.42 Å². The highest BCUT2D eigenvalue weighted by molar-refractivity contribution is 7.91. The van der Waals surface area contributed by atoms with E-state index in [2.05, 4.69) is 31.7 Å². The number of hydrogen-bond donors (Lipinski definition) is 3. The van der Waals surface area contributed by atoms with E-state index < -0.39 is 10.0 Å². The highest BCUT2D eigenvalue weighted by Gasteiger charge is 2.20. The van der Waals surface area contributed by atoms with Gasteiger partial charge in [-0.15, -0.1) is 17.8 Å². The summed E-state index contributed by atoms with van der Waals surface area (Å²) >= 11 is 1.00. The molecule has 142 valence electrons. The number of primary sulfonamides is 1. The molecule has 0 atom stereocenters. The Kier molecular flexibility index (Phi) is 5.57. The van der Waals surface area contributed by atoms with Gasteiger partial charge in [0.15, 0.2) is 11.6 Å². The van der Waals surface area contributed by atoms with Crippen molar-refractivity contribution in [2.24, 2.45) is 16.0 Å². The van der Waals surface area contributed by atoms with E-state index in [0.717, 1.165) is 23.8 Å². The van der Waals surface area contributed by atoms with E-state index in [1.165, 1.54) is 18.9 Å².